The van der Waals surface area contributed by atoms with Crippen LogP contribution in [0.3, 0.4) is 0 Å². The van der Waals surface area contributed by atoms with Gasteiger partial charge in [-0.15, -0.1) is 0 Å². The molecule has 1 aliphatic heterocycles. The van der Waals surface area contributed by atoms with E-state index in [4.69, 9.17) is 19.3 Å². The van der Waals surface area contributed by atoms with E-state index < -0.39 is 11.9 Å². The normalized spacial score (nSPS) is 14.6. The molecule has 3 N–H and O–H groups in total. The molecule has 10 nitrogen and oxygen atoms in total. The number of carboxylic acids is 2. The lowest BCUT2D eigenvalue weighted by atomic mass is 9.89. The maximum absolute atomic E-state index is 11.3. The highest BCUT2D eigenvalue weighted by molar-refractivity contribution is 6.06. The van der Waals surface area contributed by atoms with Gasteiger partial charge in [-0.25, -0.2) is 9.59 Å². The van der Waals surface area contributed by atoms with Crippen LogP contribution in [-0.2, 0) is 9.47 Å². The minimum atomic E-state index is -1.32. The van der Waals surface area contributed by atoms with Crippen LogP contribution in [0.1, 0.15) is 45.0 Å². The summed E-state index contributed by atoms with van der Waals surface area (Å²) in [5, 5.41) is 20.6. The minimum Gasteiger partial charge on any atom is -0.491 e. The monoisotopic (exact) mass is 547 g/mol. The predicted octanol–water partition coefficient (Wildman–Crippen LogP) is 4.40. The number of aromatic nitrogens is 2. The summed E-state index contributed by atoms with van der Waals surface area (Å²) in [5.74, 6) is -1.77. The van der Waals surface area contributed by atoms with Crippen LogP contribution < -0.4 is 4.74 Å². The van der Waals surface area contributed by atoms with Crippen LogP contribution in [0.5, 0.6) is 5.75 Å². The number of ether oxygens (including phenoxy) is 3. The molecule has 3 heterocycles. The van der Waals surface area contributed by atoms with Crippen molar-refractivity contribution in [2.45, 2.75) is 18.8 Å². The lowest BCUT2D eigenvalue weighted by Crippen LogP contribution is -2.35. The molecule has 2 aromatic heterocycles. The van der Waals surface area contributed by atoms with Crippen LogP contribution in [-0.4, -0.2) is 89.7 Å². The van der Waals surface area contributed by atoms with Crippen molar-refractivity contribution in [2.24, 2.45) is 0 Å². The van der Waals surface area contributed by atoms with Gasteiger partial charge in [-0.3, -0.25) is 4.98 Å². The molecule has 1 aliphatic rings. The van der Waals surface area contributed by atoms with Crippen molar-refractivity contribution in [1.82, 2.24) is 14.9 Å². The number of carbonyl (C=O) groups is 2. The van der Waals surface area contributed by atoms with E-state index in [0.29, 0.717) is 32.3 Å². The second-order valence-electron chi connectivity index (χ2n) is 9.86. The van der Waals surface area contributed by atoms with Gasteiger partial charge in [-0.2, -0.15) is 0 Å². The fourth-order valence-corrected chi connectivity index (χ4v) is 5.22. The van der Waals surface area contributed by atoms with Gasteiger partial charge in [-0.05, 0) is 67.7 Å². The Balaban J connectivity index is 0.945. The highest BCUT2D eigenvalue weighted by atomic mass is 16.5. The van der Waals surface area contributed by atoms with Gasteiger partial charge in [0, 0.05) is 40.7 Å². The van der Waals surface area contributed by atoms with Crippen molar-refractivity contribution >= 4 is 33.7 Å². The number of fused-ring (bicyclic) bond motifs is 3. The number of benzene rings is 2. The van der Waals surface area contributed by atoms with Gasteiger partial charge in [0.2, 0.25) is 0 Å². The Kier molecular flexibility index (Phi) is 8.90. The zero-order chi connectivity index (χ0) is 27.9. The first-order valence-corrected chi connectivity index (χ1v) is 13.5. The van der Waals surface area contributed by atoms with Crippen LogP contribution in [0.15, 0.2) is 54.9 Å². The third-order valence-electron chi connectivity index (χ3n) is 7.36. The van der Waals surface area contributed by atoms with E-state index in [1.165, 1.54) is 40.1 Å². The Morgan fingerprint density at radius 1 is 0.850 bits per heavy atom. The van der Waals surface area contributed by atoms with E-state index in [0.717, 1.165) is 38.0 Å². The van der Waals surface area contributed by atoms with E-state index in [1.807, 2.05) is 18.5 Å². The van der Waals surface area contributed by atoms with Crippen LogP contribution in [0, 0.1) is 0 Å². The predicted molar refractivity (Wildman–Crippen MR) is 150 cm³/mol. The molecule has 5 rings (SSSR count). The third-order valence-corrected chi connectivity index (χ3v) is 7.36. The number of piperidine rings is 1. The molecule has 0 unspecified atom stereocenters. The van der Waals surface area contributed by atoms with E-state index >= 15 is 0 Å². The van der Waals surface area contributed by atoms with Crippen LogP contribution in [0.4, 0.5) is 0 Å². The molecule has 0 spiro atoms. The lowest BCUT2D eigenvalue weighted by Gasteiger charge is -2.32. The van der Waals surface area contributed by atoms with Crippen molar-refractivity contribution in [1.29, 1.82) is 0 Å². The van der Waals surface area contributed by atoms with Crippen molar-refractivity contribution in [3.05, 3.63) is 71.5 Å². The molecular formula is C30H33N3O7. The van der Waals surface area contributed by atoms with Gasteiger partial charge in [0.25, 0.3) is 0 Å². The van der Waals surface area contributed by atoms with Gasteiger partial charge in [0.1, 0.15) is 12.4 Å². The first kappa shape index (κ1) is 27.6. The molecule has 1 saturated heterocycles. The first-order chi connectivity index (χ1) is 19.5. The quantitative estimate of drug-likeness (QED) is 0.208. The van der Waals surface area contributed by atoms with Crippen LogP contribution in [0.2, 0.25) is 0 Å². The molecule has 10 heteroatoms. The van der Waals surface area contributed by atoms with Crippen molar-refractivity contribution in [3.8, 4) is 5.75 Å². The number of nitrogens with one attached hydrogen (secondary N) is 1. The summed E-state index contributed by atoms with van der Waals surface area (Å²) in [7, 11) is 0. The smallest absolute Gasteiger partial charge is 0.336 e. The zero-order valence-corrected chi connectivity index (χ0v) is 22.2. The fourth-order valence-electron chi connectivity index (χ4n) is 5.22. The molecule has 2 aromatic carbocycles. The zero-order valence-electron chi connectivity index (χ0n) is 22.2. The molecule has 40 heavy (non-hydrogen) atoms. The Morgan fingerprint density at radius 2 is 1.60 bits per heavy atom. The Labute approximate surface area is 231 Å². The van der Waals surface area contributed by atoms with Crippen molar-refractivity contribution in [2.75, 3.05) is 52.7 Å². The van der Waals surface area contributed by atoms with E-state index in [1.54, 1.807) is 0 Å². The molecule has 4 aromatic rings. The summed E-state index contributed by atoms with van der Waals surface area (Å²) in [6.07, 6.45) is 5.99. The largest absolute Gasteiger partial charge is 0.491 e. The summed E-state index contributed by atoms with van der Waals surface area (Å²) < 4.78 is 16.7. The number of pyridine rings is 1. The van der Waals surface area contributed by atoms with Gasteiger partial charge in [-0.1, -0.05) is 12.1 Å². The summed E-state index contributed by atoms with van der Waals surface area (Å²) in [6, 6.07) is 12.7. The van der Waals surface area contributed by atoms with Crippen LogP contribution >= 0.6 is 0 Å². The van der Waals surface area contributed by atoms with Crippen molar-refractivity contribution < 1.29 is 34.0 Å². The second-order valence-corrected chi connectivity index (χ2v) is 9.86. The minimum absolute atomic E-state index is 0.213. The number of hydrogen-bond acceptors (Lipinski definition) is 7. The molecule has 0 saturated carbocycles. The summed E-state index contributed by atoms with van der Waals surface area (Å²) >= 11 is 0. The van der Waals surface area contributed by atoms with Crippen molar-refractivity contribution in [3.63, 3.8) is 0 Å². The maximum Gasteiger partial charge on any atom is 0.336 e. The molecule has 0 amide bonds. The number of rotatable bonds is 13. The first-order valence-electron chi connectivity index (χ1n) is 13.5. The number of aromatic carboxylic acids is 2. The number of likely N-dealkylation sites (tertiary alicyclic amines) is 1. The summed E-state index contributed by atoms with van der Waals surface area (Å²) in [4.78, 5) is 32.6. The molecule has 0 bridgehead atoms. The molecule has 1 fully saturated rings. The van der Waals surface area contributed by atoms with Gasteiger partial charge < -0.3 is 34.3 Å². The Morgan fingerprint density at radius 3 is 2.38 bits per heavy atom. The maximum atomic E-state index is 11.3. The third kappa shape index (κ3) is 6.59. The second kappa shape index (κ2) is 12.9. The van der Waals surface area contributed by atoms with Crippen LogP contribution in [0.25, 0.3) is 21.8 Å². The number of hydrogen-bond donors (Lipinski definition) is 3. The summed E-state index contributed by atoms with van der Waals surface area (Å²) in [6.45, 7) is 5.06. The average molecular weight is 548 g/mol. The van der Waals surface area contributed by atoms with E-state index in [-0.39, 0.29) is 23.5 Å². The number of nitrogens with zero attached hydrogens (tertiary/aromatic N) is 2. The SMILES string of the molecule is O=C(O)c1ccc(OCCOCCOCCN2CCC(c3ccc4c(c3)[nH]c3ccncc34)CC2)cc1C(=O)O. The van der Waals surface area contributed by atoms with E-state index in [2.05, 4.69) is 33.1 Å². The Hall–Kier alpha value is -3.99. The highest BCUT2D eigenvalue weighted by Gasteiger charge is 2.21. The topological polar surface area (TPSA) is 134 Å². The average Bonchev–Trinajstić information content (AvgIpc) is 3.34. The molecule has 0 aliphatic carbocycles. The standard InChI is InChI=1S/C30H33N3O7/c34-29(35)24-4-2-22(18-25(24)30(36)37)40-16-15-39-14-13-38-12-11-33-9-6-20(7-10-33)21-1-3-23-26-19-31-8-5-27(26)32-28(23)17-21/h1-5,8,17-20,32H,6-7,9-16H2,(H,34,35)(H,36,37). The fraction of sp³-hybridized carbons (Fsp3) is 0.367. The van der Waals surface area contributed by atoms with E-state index in [9.17, 15) is 14.7 Å². The number of carboxylic acid groups (broad SMARTS) is 2. The van der Waals surface area contributed by atoms with Gasteiger partial charge in [0.15, 0.2) is 0 Å². The number of aromatic amines is 1. The lowest BCUT2D eigenvalue weighted by molar-refractivity contribution is 0.0272. The van der Waals surface area contributed by atoms with Gasteiger partial charge >= 0.3 is 11.9 Å². The molecule has 210 valence electrons. The number of H-pyrrole nitrogens is 1. The highest BCUT2D eigenvalue weighted by Crippen LogP contribution is 2.32. The molecular weight excluding hydrogens is 514 g/mol. The Bertz CT molecular complexity index is 1480. The molecule has 0 radical (unpaired) electrons. The summed E-state index contributed by atoms with van der Waals surface area (Å²) in [5.41, 5.74) is 3.10. The van der Waals surface area contributed by atoms with Gasteiger partial charge in [0.05, 0.1) is 37.6 Å². The molecule has 0 atom stereocenters.